The summed E-state index contributed by atoms with van der Waals surface area (Å²) in [6.07, 6.45) is 4.24. The fourth-order valence-corrected chi connectivity index (χ4v) is 4.63. The van der Waals surface area contributed by atoms with Crippen LogP contribution in [0, 0.1) is 0 Å². The molecule has 0 aliphatic carbocycles. The minimum Gasteiger partial charge on any atom is -0.312 e. The van der Waals surface area contributed by atoms with E-state index in [2.05, 4.69) is 37.3 Å². The highest BCUT2D eigenvalue weighted by Gasteiger charge is 2.25. The maximum Gasteiger partial charge on any atom is 0.233 e. The smallest absolute Gasteiger partial charge is 0.233 e. The van der Waals surface area contributed by atoms with E-state index in [0.29, 0.717) is 6.42 Å². The minimum atomic E-state index is 0.161. The van der Waals surface area contributed by atoms with Crippen LogP contribution in [0.15, 0.2) is 53.9 Å². The van der Waals surface area contributed by atoms with Crippen LogP contribution >= 0.6 is 11.3 Å². The molecule has 0 saturated heterocycles. The summed E-state index contributed by atoms with van der Waals surface area (Å²) >= 11 is 1.64. The summed E-state index contributed by atoms with van der Waals surface area (Å²) in [5.41, 5.74) is 5.86. The Morgan fingerprint density at radius 2 is 2.00 bits per heavy atom. The second-order valence-corrected chi connectivity index (χ2v) is 7.94. The van der Waals surface area contributed by atoms with Crippen molar-refractivity contribution in [2.24, 2.45) is 0 Å². The third-order valence-electron chi connectivity index (χ3n) is 5.11. The Balaban J connectivity index is 1.49. The molecule has 1 aliphatic heterocycles. The molecule has 2 heterocycles. The number of amides is 1. The Kier molecular flexibility index (Phi) is 5.35. The molecule has 0 unspecified atom stereocenters. The standard InChI is InChI=1S/C23H24N2OS/c1-2-18-10-6-11-19-12-7-13-25(23(18)19)22(26)15-20-16-27-21(24-20)14-17-8-4-3-5-9-17/h3-6,8-11,16H,2,7,12-15H2,1H3. The van der Waals surface area contributed by atoms with E-state index in [-0.39, 0.29) is 5.91 Å². The van der Waals surface area contributed by atoms with Crippen LogP contribution in [0.25, 0.3) is 0 Å². The van der Waals surface area contributed by atoms with Crippen LogP contribution in [0.4, 0.5) is 5.69 Å². The fourth-order valence-electron chi connectivity index (χ4n) is 3.80. The molecule has 0 atom stereocenters. The van der Waals surface area contributed by atoms with Crippen molar-refractivity contribution in [1.29, 1.82) is 0 Å². The molecule has 0 bridgehead atoms. The number of aromatic nitrogens is 1. The molecular weight excluding hydrogens is 352 g/mol. The van der Waals surface area contributed by atoms with Crippen LogP contribution in [-0.4, -0.2) is 17.4 Å². The number of para-hydroxylation sites is 1. The van der Waals surface area contributed by atoms with Crippen LogP contribution in [0.3, 0.4) is 0 Å². The summed E-state index contributed by atoms with van der Waals surface area (Å²) in [7, 11) is 0. The first-order valence-electron chi connectivity index (χ1n) is 9.63. The van der Waals surface area contributed by atoms with Crippen molar-refractivity contribution in [3.63, 3.8) is 0 Å². The van der Waals surface area contributed by atoms with E-state index in [0.717, 1.165) is 48.6 Å². The van der Waals surface area contributed by atoms with Crippen molar-refractivity contribution < 1.29 is 4.79 Å². The first-order valence-corrected chi connectivity index (χ1v) is 10.5. The van der Waals surface area contributed by atoms with Crippen molar-refractivity contribution in [2.75, 3.05) is 11.4 Å². The molecule has 0 spiro atoms. The molecule has 27 heavy (non-hydrogen) atoms. The molecule has 1 aromatic heterocycles. The van der Waals surface area contributed by atoms with Gasteiger partial charge in [-0.15, -0.1) is 11.3 Å². The van der Waals surface area contributed by atoms with E-state index in [4.69, 9.17) is 4.98 Å². The average molecular weight is 377 g/mol. The van der Waals surface area contributed by atoms with Crippen molar-refractivity contribution in [3.8, 4) is 0 Å². The number of aryl methyl sites for hydroxylation is 2. The van der Waals surface area contributed by atoms with E-state index in [9.17, 15) is 4.79 Å². The summed E-state index contributed by atoms with van der Waals surface area (Å²) in [6.45, 7) is 2.97. The molecule has 2 aromatic carbocycles. The monoisotopic (exact) mass is 376 g/mol. The van der Waals surface area contributed by atoms with Gasteiger partial charge in [-0.3, -0.25) is 4.79 Å². The summed E-state index contributed by atoms with van der Waals surface area (Å²) in [5, 5.41) is 3.10. The predicted octanol–water partition coefficient (Wildman–Crippen LogP) is 4.82. The zero-order valence-corrected chi connectivity index (χ0v) is 16.5. The first kappa shape index (κ1) is 17.9. The van der Waals surface area contributed by atoms with Crippen LogP contribution in [0.2, 0.25) is 0 Å². The molecule has 0 saturated carbocycles. The summed E-state index contributed by atoms with van der Waals surface area (Å²) in [5.74, 6) is 0.161. The maximum atomic E-state index is 13.1. The fraction of sp³-hybridized carbons (Fsp3) is 0.304. The van der Waals surface area contributed by atoms with Crippen LogP contribution < -0.4 is 4.90 Å². The van der Waals surface area contributed by atoms with E-state index in [1.807, 2.05) is 28.5 Å². The second kappa shape index (κ2) is 8.05. The topological polar surface area (TPSA) is 33.2 Å². The zero-order chi connectivity index (χ0) is 18.6. The van der Waals surface area contributed by atoms with E-state index >= 15 is 0 Å². The lowest BCUT2D eigenvalue weighted by Gasteiger charge is -2.31. The Labute approximate surface area is 164 Å². The van der Waals surface area contributed by atoms with Gasteiger partial charge in [-0.05, 0) is 36.0 Å². The summed E-state index contributed by atoms with van der Waals surface area (Å²) in [6, 6.07) is 16.8. The van der Waals surface area contributed by atoms with Crippen LogP contribution in [0.5, 0.6) is 0 Å². The molecule has 138 valence electrons. The van der Waals surface area contributed by atoms with Gasteiger partial charge in [0.25, 0.3) is 0 Å². The lowest BCUT2D eigenvalue weighted by Crippen LogP contribution is -2.37. The quantitative estimate of drug-likeness (QED) is 0.640. The van der Waals surface area contributed by atoms with Crippen LogP contribution in [0.1, 0.15) is 40.7 Å². The third kappa shape index (κ3) is 3.96. The molecule has 4 heteroatoms. The molecular formula is C23H24N2OS. The van der Waals surface area contributed by atoms with Crippen molar-refractivity contribution in [3.05, 3.63) is 81.3 Å². The lowest BCUT2D eigenvalue weighted by atomic mass is 9.96. The van der Waals surface area contributed by atoms with Crippen molar-refractivity contribution in [1.82, 2.24) is 4.98 Å². The van der Waals surface area contributed by atoms with Gasteiger partial charge in [0.2, 0.25) is 5.91 Å². The van der Waals surface area contributed by atoms with Crippen molar-refractivity contribution >= 4 is 22.9 Å². The van der Waals surface area contributed by atoms with E-state index in [1.165, 1.54) is 16.7 Å². The van der Waals surface area contributed by atoms with Gasteiger partial charge < -0.3 is 4.90 Å². The number of anilines is 1. The van der Waals surface area contributed by atoms with E-state index in [1.54, 1.807) is 11.3 Å². The Hall–Kier alpha value is -2.46. The zero-order valence-electron chi connectivity index (χ0n) is 15.6. The number of fused-ring (bicyclic) bond motifs is 1. The van der Waals surface area contributed by atoms with Gasteiger partial charge in [-0.1, -0.05) is 55.5 Å². The van der Waals surface area contributed by atoms with Gasteiger partial charge in [0, 0.05) is 24.0 Å². The number of hydrogen-bond donors (Lipinski definition) is 0. The Morgan fingerprint density at radius 1 is 1.15 bits per heavy atom. The van der Waals surface area contributed by atoms with Gasteiger partial charge in [0.05, 0.1) is 17.1 Å². The largest absolute Gasteiger partial charge is 0.312 e. The highest BCUT2D eigenvalue weighted by Crippen LogP contribution is 2.32. The van der Waals surface area contributed by atoms with Gasteiger partial charge in [-0.2, -0.15) is 0 Å². The first-order chi connectivity index (χ1) is 13.2. The molecule has 1 aliphatic rings. The Morgan fingerprint density at radius 3 is 2.81 bits per heavy atom. The molecule has 0 fully saturated rings. The third-order valence-corrected chi connectivity index (χ3v) is 6.01. The molecule has 0 N–H and O–H groups in total. The average Bonchev–Trinajstić information content (AvgIpc) is 3.14. The number of thiazole rings is 1. The molecule has 3 nitrogen and oxygen atoms in total. The minimum absolute atomic E-state index is 0.161. The number of rotatable bonds is 5. The highest BCUT2D eigenvalue weighted by atomic mass is 32.1. The summed E-state index contributed by atoms with van der Waals surface area (Å²) < 4.78 is 0. The van der Waals surface area contributed by atoms with Gasteiger partial charge in [0.1, 0.15) is 0 Å². The molecule has 4 rings (SSSR count). The SMILES string of the molecule is CCc1cccc2c1N(C(=O)Cc1csc(Cc3ccccc3)n1)CCC2. The van der Waals surface area contributed by atoms with Gasteiger partial charge >= 0.3 is 0 Å². The van der Waals surface area contributed by atoms with Crippen LogP contribution in [-0.2, 0) is 30.5 Å². The number of carbonyl (C=O) groups is 1. The van der Waals surface area contributed by atoms with Gasteiger partial charge in [-0.25, -0.2) is 4.98 Å². The van der Waals surface area contributed by atoms with E-state index < -0.39 is 0 Å². The number of nitrogens with zero attached hydrogens (tertiary/aromatic N) is 2. The predicted molar refractivity (Wildman–Crippen MR) is 112 cm³/mol. The maximum absolute atomic E-state index is 13.1. The second-order valence-electron chi connectivity index (χ2n) is 7.00. The number of benzene rings is 2. The Bertz CT molecular complexity index is 918. The number of carbonyl (C=O) groups excluding carboxylic acids is 1. The normalized spacial score (nSPS) is 13.4. The molecule has 0 radical (unpaired) electrons. The molecule has 1 amide bonds. The summed E-state index contributed by atoms with van der Waals surface area (Å²) in [4.78, 5) is 19.8. The van der Waals surface area contributed by atoms with Crippen molar-refractivity contribution in [2.45, 2.75) is 39.0 Å². The van der Waals surface area contributed by atoms with Gasteiger partial charge in [0.15, 0.2) is 0 Å². The lowest BCUT2D eigenvalue weighted by molar-refractivity contribution is -0.118. The molecule has 3 aromatic rings. The number of hydrogen-bond acceptors (Lipinski definition) is 3. The highest BCUT2D eigenvalue weighted by molar-refractivity contribution is 7.09.